The molecule has 2 nitrogen and oxygen atoms in total. The molecule has 84 valence electrons. The van der Waals surface area contributed by atoms with Gasteiger partial charge in [-0.25, -0.2) is 4.21 Å². The summed E-state index contributed by atoms with van der Waals surface area (Å²) < 4.78 is 11.7. The predicted molar refractivity (Wildman–Crippen MR) is 66.7 cm³/mol. The van der Waals surface area contributed by atoms with Crippen LogP contribution in [0.4, 0.5) is 0 Å². The van der Waals surface area contributed by atoms with Gasteiger partial charge in [0.2, 0.25) is 0 Å². The zero-order valence-electron chi connectivity index (χ0n) is 9.32. The molecule has 0 bridgehead atoms. The fourth-order valence-electron chi connectivity index (χ4n) is 1.29. The van der Waals surface area contributed by atoms with E-state index in [4.69, 9.17) is 5.11 Å². The summed E-state index contributed by atoms with van der Waals surface area (Å²) in [4.78, 5) is 1.69. The van der Waals surface area contributed by atoms with E-state index in [1.54, 1.807) is 6.08 Å². The Balaban J connectivity index is 0.000000921. The van der Waals surface area contributed by atoms with Crippen LogP contribution in [0.3, 0.4) is 0 Å². The van der Waals surface area contributed by atoms with Crippen molar-refractivity contribution in [2.24, 2.45) is 0 Å². The van der Waals surface area contributed by atoms with Crippen molar-refractivity contribution in [3.63, 3.8) is 0 Å². The molecule has 0 fully saturated rings. The van der Waals surface area contributed by atoms with Gasteiger partial charge in [-0.05, 0) is 31.4 Å². The van der Waals surface area contributed by atoms with Gasteiger partial charge in [0.1, 0.15) is 0 Å². The average Bonchev–Trinajstić information content (AvgIpc) is 2.28. The summed E-state index contributed by atoms with van der Waals surface area (Å²) in [5, 5.41) is 7.00. The first-order valence-electron chi connectivity index (χ1n) is 4.73. The minimum absolute atomic E-state index is 0.815. The van der Waals surface area contributed by atoms with Crippen LogP contribution >= 0.6 is 0 Å². The van der Waals surface area contributed by atoms with E-state index in [0.29, 0.717) is 0 Å². The lowest BCUT2D eigenvalue weighted by Gasteiger charge is -2.16. The Labute approximate surface area is 94.2 Å². The third kappa shape index (κ3) is 3.61. The Bertz CT molecular complexity index is 325. The van der Waals surface area contributed by atoms with Gasteiger partial charge in [-0.3, -0.25) is 0 Å². The number of hydrogen-bond acceptors (Lipinski definition) is 2. The van der Waals surface area contributed by atoms with Crippen LogP contribution in [0, 0.1) is 0 Å². The number of aliphatic hydroxyl groups is 1. The highest BCUT2D eigenvalue weighted by molar-refractivity contribution is 7.93. The van der Waals surface area contributed by atoms with Crippen LogP contribution in [0.2, 0.25) is 0 Å². The maximum atomic E-state index is 11.7. The minimum Gasteiger partial charge on any atom is -0.400 e. The molecule has 0 saturated carbocycles. The Hall–Kier alpha value is -0.930. The Morgan fingerprint density at radius 1 is 1.40 bits per heavy atom. The van der Waals surface area contributed by atoms with Crippen molar-refractivity contribution in [1.82, 2.24) is 0 Å². The predicted octanol–water partition coefficient (Wildman–Crippen LogP) is 2.67. The third-order valence-corrected chi connectivity index (χ3v) is 3.54. The highest BCUT2D eigenvalue weighted by Crippen LogP contribution is 2.29. The zero-order valence-corrected chi connectivity index (χ0v) is 10.1. The van der Waals surface area contributed by atoms with Gasteiger partial charge >= 0.3 is 0 Å². The van der Waals surface area contributed by atoms with Gasteiger partial charge in [-0.2, -0.15) is 0 Å². The molecule has 1 rings (SSSR count). The standard InChI is InChI=1S/C11H14OS.CH4O/c1-4-6-11-10(5-2)8-7-9(3)13(11)12;1-2/h4-6H,2-3,7-8H2,1H3;2H,1H3/b6-4-;. The summed E-state index contributed by atoms with van der Waals surface area (Å²) in [6.45, 7) is 9.43. The molecule has 1 atom stereocenters. The van der Waals surface area contributed by atoms with Crippen LogP contribution in [0.1, 0.15) is 19.8 Å². The van der Waals surface area contributed by atoms with E-state index in [9.17, 15) is 4.21 Å². The first-order valence-corrected chi connectivity index (χ1v) is 5.88. The van der Waals surface area contributed by atoms with Crippen molar-refractivity contribution in [1.29, 1.82) is 0 Å². The molecule has 0 aromatic heterocycles. The van der Waals surface area contributed by atoms with E-state index < -0.39 is 10.8 Å². The van der Waals surface area contributed by atoms with Gasteiger partial charge in [-0.1, -0.05) is 25.3 Å². The van der Waals surface area contributed by atoms with E-state index in [-0.39, 0.29) is 0 Å². The SMILES string of the molecule is C=CC1=C(/C=C\C)S(=O)C(=C)CC1.CO. The van der Waals surface area contributed by atoms with Crippen molar-refractivity contribution >= 4 is 10.8 Å². The van der Waals surface area contributed by atoms with Crippen molar-refractivity contribution in [3.8, 4) is 0 Å². The number of aliphatic hydroxyl groups excluding tert-OH is 1. The van der Waals surface area contributed by atoms with Gasteiger partial charge in [0, 0.05) is 16.9 Å². The second-order valence-electron chi connectivity index (χ2n) is 2.90. The van der Waals surface area contributed by atoms with Gasteiger partial charge in [0.25, 0.3) is 0 Å². The fourth-order valence-corrected chi connectivity index (χ4v) is 2.57. The molecule has 1 aliphatic heterocycles. The summed E-state index contributed by atoms with van der Waals surface area (Å²) >= 11 is 0. The normalized spacial score (nSPS) is 21.3. The number of rotatable bonds is 2. The smallest absolute Gasteiger partial charge is 0.0805 e. The minimum atomic E-state index is -1.03. The molecule has 0 aromatic rings. The topological polar surface area (TPSA) is 37.3 Å². The number of allylic oxidation sites excluding steroid dienone is 5. The van der Waals surface area contributed by atoms with Crippen LogP contribution in [-0.4, -0.2) is 16.4 Å². The lowest BCUT2D eigenvalue weighted by molar-refractivity contribution is 0.399. The first kappa shape index (κ1) is 14.1. The molecule has 1 unspecified atom stereocenters. The van der Waals surface area contributed by atoms with Crippen LogP contribution < -0.4 is 0 Å². The quantitative estimate of drug-likeness (QED) is 0.786. The zero-order chi connectivity index (χ0) is 11.8. The summed E-state index contributed by atoms with van der Waals surface area (Å²) in [7, 11) is -0.0254. The lowest BCUT2D eigenvalue weighted by Crippen LogP contribution is -2.05. The van der Waals surface area contributed by atoms with Gasteiger partial charge in [-0.15, -0.1) is 0 Å². The van der Waals surface area contributed by atoms with Gasteiger partial charge in [0.15, 0.2) is 0 Å². The van der Waals surface area contributed by atoms with E-state index in [2.05, 4.69) is 13.2 Å². The highest BCUT2D eigenvalue weighted by atomic mass is 32.2. The number of hydrogen-bond donors (Lipinski definition) is 1. The summed E-state index contributed by atoms with van der Waals surface area (Å²) in [5.74, 6) is 0. The molecule has 15 heavy (non-hydrogen) atoms. The van der Waals surface area contributed by atoms with Gasteiger partial charge < -0.3 is 5.11 Å². The van der Waals surface area contributed by atoms with E-state index in [0.717, 1.165) is 35.3 Å². The van der Waals surface area contributed by atoms with Crippen molar-refractivity contribution in [2.45, 2.75) is 19.8 Å². The average molecular weight is 226 g/mol. The van der Waals surface area contributed by atoms with E-state index >= 15 is 0 Å². The van der Waals surface area contributed by atoms with Crippen LogP contribution in [0.5, 0.6) is 0 Å². The molecular weight excluding hydrogens is 208 g/mol. The molecule has 0 radical (unpaired) electrons. The lowest BCUT2D eigenvalue weighted by atomic mass is 10.1. The Morgan fingerprint density at radius 3 is 2.47 bits per heavy atom. The monoisotopic (exact) mass is 226 g/mol. The summed E-state index contributed by atoms with van der Waals surface area (Å²) in [5.41, 5.74) is 1.09. The molecule has 0 aliphatic carbocycles. The maximum Gasteiger partial charge on any atom is 0.0805 e. The third-order valence-electron chi connectivity index (χ3n) is 2.02. The van der Waals surface area contributed by atoms with Crippen molar-refractivity contribution in [2.75, 3.05) is 7.11 Å². The largest absolute Gasteiger partial charge is 0.400 e. The van der Waals surface area contributed by atoms with E-state index in [1.807, 2.05) is 19.1 Å². The van der Waals surface area contributed by atoms with Crippen molar-refractivity contribution < 1.29 is 9.32 Å². The molecule has 0 spiro atoms. The van der Waals surface area contributed by atoms with Crippen LogP contribution in [0.15, 0.2) is 46.8 Å². The second kappa shape index (κ2) is 7.37. The Kier molecular flexibility index (Phi) is 6.92. The first-order chi connectivity index (χ1) is 7.20. The molecule has 0 aromatic carbocycles. The molecule has 0 saturated heterocycles. The molecule has 0 amide bonds. The molecule has 1 N–H and O–H groups in total. The summed E-state index contributed by atoms with van der Waals surface area (Å²) in [6, 6.07) is 0. The molecule has 1 heterocycles. The second-order valence-corrected chi connectivity index (χ2v) is 4.46. The van der Waals surface area contributed by atoms with Crippen molar-refractivity contribution in [3.05, 3.63) is 46.8 Å². The molecule has 1 aliphatic rings. The molecule has 3 heteroatoms. The highest BCUT2D eigenvalue weighted by Gasteiger charge is 2.18. The molecular formula is C12H18O2S. The van der Waals surface area contributed by atoms with Gasteiger partial charge in [0.05, 0.1) is 10.8 Å². The van der Waals surface area contributed by atoms with Crippen LogP contribution in [0.25, 0.3) is 0 Å². The fraction of sp³-hybridized carbons (Fsp3) is 0.333. The summed E-state index contributed by atoms with van der Waals surface area (Å²) in [6.07, 6.45) is 7.30. The van der Waals surface area contributed by atoms with Crippen LogP contribution in [-0.2, 0) is 10.8 Å². The van der Waals surface area contributed by atoms with E-state index in [1.165, 1.54) is 0 Å². The maximum absolute atomic E-state index is 11.7. The Morgan fingerprint density at radius 2 is 2.00 bits per heavy atom.